The number of carbonyl (C=O) groups excluding carboxylic acids is 2. The number of rotatable bonds is 12. The van der Waals surface area contributed by atoms with E-state index in [1.165, 1.54) is 0 Å². The van der Waals surface area contributed by atoms with Crippen molar-refractivity contribution in [1.29, 1.82) is 0 Å². The summed E-state index contributed by atoms with van der Waals surface area (Å²) in [5, 5.41) is 18.8. The molecule has 5 aromatic rings. The van der Waals surface area contributed by atoms with E-state index < -0.39 is 24.1 Å². The number of anilines is 2. The van der Waals surface area contributed by atoms with Gasteiger partial charge in [0.25, 0.3) is 0 Å². The molecule has 1 saturated heterocycles. The lowest BCUT2D eigenvalue weighted by Crippen LogP contribution is -2.45. The summed E-state index contributed by atoms with van der Waals surface area (Å²) in [5.74, 6) is -0.448. The largest absolute Gasteiger partial charge is 0.388 e. The first-order chi connectivity index (χ1) is 23.5. The van der Waals surface area contributed by atoms with Gasteiger partial charge in [-0.05, 0) is 66.3 Å². The van der Waals surface area contributed by atoms with Gasteiger partial charge in [-0.15, -0.1) is 0 Å². The number of aliphatic hydroxyl groups is 1. The van der Waals surface area contributed by atoms with Gasteiger partial charge in [-0.25, -0.2) is 4.98 Å². The zero-order chi connectivity index (χ0) is 33.3. The minimum atomic E-state index is -0.944. The van der Waals surface area contributed by atoms with E-state index in [1.807, 2.05) is 128 Å². The SMILES string of the molecule is C[C@@H](Cc1ccccc1)C(=O)N1CCC[C@H]1C(=O)Nc1ccccc1[C@@H](Nc1ccccn1)[C@H](c1ccccn1)[C@H](O)c1ccccc1. The van der Waals surface area contributed by atoms with Gasteiger partial charge in [-0.3, -0.25) is 14.6 Å². The molecule has 2 aromatic heterocycles. The van der Waals surface area contributed by atoms with Crippen molar-refractivity contribution >= 4 is 23.3 Å². The quantitative estimate of drug-likeness (QED) is 0.136. The van der Waals surface area contributed by atoms with Crippen molar-refractivity contribution in [3.8, 4) is 0 Å². The zero-order valence-corrected chi connectivity index (χ0v) is 27.0. The molecule has 8 heteroatoms. The number of pyridine rings is 2. The first kappa shape index (κ1) is 32.6. The summed E-state index contributed by atoms with van der Waals surface area (Å²) < 4.78 is 0. The average Bonchev–Trinajstić information content (AvgIpc) is 3.63. The lowest BCUT2D eigenvalue weighted by atomic mass is 9.82. The Morgan fingerprint density at radius 2 is 1.50 bits per heavy atom. The van der Waals surface area contributed by atoms with E-state index in [4.69, 9.17) is 4.98 Å². The third-order valence-corrected chi connectivity index (χ3v) is 9.04. The van der Waals surface area contributed by atoms with Crippen LogP contribution in [-0.4, -0.2) is 44.4 Å². The molecule has 3 heterocycles. The second kappa shape index (κ2) is 15.5. The first-order valence-electron chi connectivity index (χ1n) is 16.6. The molecule has 1 aliphatic rings. The molecule has 1 aliphatic heterocycles. The van der Waals surface area contributed by atoms with Gasteiger partial charge >= 0.3 is 0 Å². The molecule has 0 bridgehead atoms. The van der Waals surface area contributed by atoms with Crippen LogP contribution < -0.4 is 10.6 Å². The number of amides is 2. The van der Waals surface area contributed by atoms with Crippen molar-refractivity contribution in [3.05, 3.63) is 156 Å². The van der Waals surface area contributed by atoms with Crippen LogP contribution in [0.25, 0.3) is 0 Å². The van der Waals surface area contributed by atoms with Gasteiger partial charge < -0.3 is 20.6 Å². The molecule has 0 aliphatic carbocycles. The zero-order valence-electron chi connectivity index (χ0n) is 27.0. The number of aromatic nitrogens is 2. The number of hydrogen-bond acceptors (Lipinski definition) is 6. The summed E-state index contributed by atoms with van der Waals surface area (Å²) in [4.78, 5) is 38.7. The molecule has 3 N–H and O–H groups in total. The maximum absolute atomic E-state index is 14.0. The maximum atomic E-state index is 14.0. The number of benzene rings is 3. The van der Waals surface area contributed by atoms with Crippen molar-refractivity contribution in [3.63, 3.8) is 0 Å². The van der Waals surface area contributed by atoms with E-state index in [1.54, 1.807) is 17.3 Å². The lowest BCUT2D eigenvalue weighted by Gasteiger charge is -2.34. The van der Waals surface area contributed by atoms with E-state index in [-0.39, 0.29) is 17.7 Å². The highest BCUT2D eigenvalue weighted by molar-refractivity contribution is 5.98. The summed E-state index contributed by atoms with van der Waals surface area (Å²) in [5.41, 5.74) is 3.87. The molecule has 5 atom stereocenters. The van der Waals surface area contributed by atoms with E-state index in [0.29, 0.717) is 36.6 Å². The number of nitrogens with one attached hydrogen (secondary N) is 2. The fourth-order valence-corrected chi connectivity index (χ4v) is 6.65. The molecule has 2 amide bonds. The Balaban J connectivity index is 1.32. The van der Waals surface area contributed by atoms with Crippen LogP contribution >= 0.6 is 0 Å². The van der Waals surface area contributed by atoms with Crippen LogP contribution in [0.3, 0.4) is 0 Å². The van der Waals surface area contributed by atoms with Crippen molar-refractivity contribution in [1.82, 2.24) is 14.9 Å². The molecule has 48 heavy (non-hydrogen) atoms. The summed E-state index contributed by atoms with van der Waals surface area (Å²) in [6.45, 7) is 2.48. The number of nitrogens with zero attached hydrogens (tertiary/aromatic N) is 3. The number of carbonyl (C=O) groups is 2. The van der Waals surface area contributed by atoms with Crippen LogP contribution in [0, 0.1) is 5.92 Å². The van der Waals surface area contributed by atoms with Gasteiger partial charge in [0.1, 0.15) is 11.9 Å². The predicted octanol–water partition coefficient (Wildman–Crippen LogP) is 6.96. The molecule has 0 saturated carbocycles. The Labute approximate surface area is 281 Å². The molecule has 1 fully saturated rings. The molecule has 8 nitrogen and oxygen atoms in total. The third-order valence-electron chi connectivity index (χ3n) is 9.04. The van der Waals surface area contributed by atoms with E-state index in [0.717, 1.165) is 23.1 Å². The number of para-hydroxylation sites is 1. The van der Waals surface area contributed by atoms with Crippen LogP contribution in [0.15, 0.2) is 134 Å². The highest BCUT2D eigenvalue weighted by atomic mass is 16.3. The van der Waals surface area contributed by atoms with Crippen molar-refractivity contribution in [2.75, 3.05) is 17.2 Å². The molecular weight excluding hydrogens is 598 g/mol. The normalized spacial score (nSPS) is 16.8. The van der Waals surface area contributed by atoms with Gasteiger partial charge in [-0.2, -0.15) is 0 Å². The van der Waals surface area contributed by atoms with Gasteiger partial charge in [0.05, 0.1) is 18.1 Å². The van der Waals surface area contributed by atoms with Crippen LogP contribution in [0.2, 0.25) is 0 Å². The maximum Gasteiger partial charge on any atom is 0.247 e. The minimum Gasteiger partial charge on any atom is -0.388 e. The molecule has 0 spiro atoms. The summed E-state index contributed by atoms with van der Waals surface area (Å²) >= 11 is 0. The van der Waals surface area contributed by atoms with Crippen molar-refractivity contribution in [2.24, 2.45) is 5.92 Å². The van der Waals surface area contributed by atoms with Crippen LogP contribution in [0.5, 0.6) is 0 Å². The van der Waals surface area contributed by atoms with Gasteiger partial charge in [0.2, 0.25) is 11.8 Å². The van der Waals surface area contributed by atoms with Crippen LogP contribution in [0.1, 0.15) is 60.2 Å². The minimum absolute atomic E-state index is 0.0133. The average molecular weight is 640 g/mol. The van der Waals surface area contributed by atoms with Crippen molar-refractivity contribution in [2.45, 2.75) is 50.3 Å². The smallest absolute Gasteiger partial charge is 0.247 e. The summed E-state index contributed by atoms with van der Waals surface area (Å²) in [6, 6.07) is 37.2. The second-order valence-corrected chi connectivity index (χ2v) is 12.3. The van der Waals surface area contributed by atoms with Crippen molar-refractivity contribution < 1.29 is 14.7 Å². The molecule has 244 valence electrons. The Hall–Kier alpha value is -5.34. The van der Waals surface area contributed by atoms with Gasteiger partial charge in [0, 0.05) is 36.2 Å². The fourth-order valence-electron chi connectivity index (χ4n) is 6.65. The topological polar surface area (TPSA) is 107 Å². The Morgan fingerprint density at radius 1 is 0.833 bits per heavy atom. The van der Waals surface area contributed by atoms with Crippen LogP contribution in [0.4, 0.5) is 11.5 Å². The Bertz CT molecular complexity index is 1770. The Kier molecular flexibility index (Phi) is 10.5. The van der Waals surface area contributed by atoms with Crippen LogP contribution in [-0.2, 0) is 16.0 Å². The predicted molar refractivity (Wildman–Crippen MR) is 188 cm³/mol. The Morgan fingerprint density at radius 3 is 2.21 bits per heavy atom. The first-order valence-corrected chi connectivity index (χ1v) is 16.6. The highest BCUT2D eigenvalue weighted by Gasteiger charge is 2.38. The second-order valence-electron chi connectivity index (χ2n) is 12.3. The molecular formula is C40H41N5O3. The van der Waals surface area contributed by atoms with E-state index in [9.17, 15) is 14.7 Å². The molecule has 6 rings (SSSR count). The van der Waals surface area contributed by atoms with E-state index in [2.05, 4.69) is 15.6 Å². The molecule has 3 aromatic carbocycles. The van der Waals surface area contributed by atoms with E-state index >= 15 is 0 Å². The fraction of sp³-hybridized carbons (Fsp3) is 0.250. The van der Waals surface area contributed by atoms with Gasteiger partial charge in [-0.1, -0.05) is 97.9 Å². The summed E-state index contributed by atoms with van der Waals surface area (Å²) in [7, 11) is 0. The molecule has 0 unspecified atom stereocenters. The number of hydrogen-bond donors (Lipinski definition) is 3. The number of aliphatic hydroxyl groups excluding tert-OH is 1. The third kappa shape index (κ3) is 7.61. The standard InChI is InChI=1S/C40H41N5O3/c1-28(27-29-15-4-2-5-16-29)40(48)45-26-14-22-34(45)39(47)43-32-20-9-8-19-31(32)37(44-35-23-11-13-25-42-35)36(33-21-10-12-24-41-33)38(46)30-17-6-3-7-18-30/h2-13,15-21,23-25,28,34,36-38,46H,14,22,26-27H2,1H3,(H,42,44)(H,43,47)/t28-,34-,36-,37+,38+/m0/s1. The lowest BCUT2D eigenvalue weighted by molar-refractivity contribution is -0.139. The highest BCUT2D eigenvalue weighted by Crippen LogP contribution is 2.44. The summed E-state index contributed by atoms with van der Waals surface area (Å²) in [6.07, 6.45) is 4.46. The number of likely N-dealkylation sites (tertiary alicyclic amines) is 1. The molecule has 0 radical (unpaired) electrons. The monoisotopic (exact) mass is 639 g/mol. The van der Waals surface area contributed by atoms with Gasteiger partial charge in [0.15, 0.2) is 0 Å².